The van der Waals surface area contributed by atoms with Gasteiger partial charge in [-0.3, -0.25) is 9.59 Å². The van der Waals surface area contributed by atoms with E-state index in [-0.39, 0.29) is 30.1 Å². The topological polar surface area (TPSA) is 171 Å². The van der Waals surface area contributed by atoms with E-state index in [4.69, 9.17) is 28.4 Å². The lowest BCUT2D eigenvalue weighted by Gasteiger charge is -2.48. The van der Waals surface area contributed by atoms with E-state index in [1.54, 1.807) is 41.3 Å². The highest BCUT2D eigenvalue weighted by molar-refractivity contribution is 5.89. The van der Waals surface area contributed by atoms with E-state index in [1.807, 2.05) is 26.0 Å². The van der Waals surface area contributed by atoms with Crippen LogP contribution in [-0.2, 0) is 42.8 Å². The van der Waals surface area contributed by atoms with Crippen molar-refractivity contribution < 1.29 is 58.1 Å². The number of methoxy groups -OCH3 is 3. The zero-order valence-corrected chi connectivity index (χ0v) is 35.3. The fraction of sp³-hybridized carbons (Fsp3) is 0.795. The molecule has 5 aliphatic rings. The Morgan fingerprint density at radius 2 is 1.63 bits per heavy atom. The average molecular weight is 804 g/mol. The van der Waals surface area contributed by atoms with Crippen LogP contribution in [0.2, 0.25) is 0 Å². The summed E-state index contributed by atoms with van der Waals surface area (Å²) >= 11 is 0. The summed E-state index contributed by atoms with van der Waals surface area (Å²) in [6.07, 6.45) is 3.80. The number of cyclic esters (lactones) is 1. The highest BCUT2D eigenvalue weighted by atomic mass is 16.7. The Morgan fingerprint density at radius 3 is 2.30 bits per heavy atom. The van der Waals surface area contributed by atoms with Crippen molar-refractivity contribution in [2.24, 2.45) is 29.6 Å². The second kappa shape index (κ2) is 19.7. The third kappa shape index (κ3) is 10.1. The molecule has 13 heteroatoms. The molecule has 4 aliphatic heterocycles. The number of nitrogens with zero attached hydrogens (tertiary/aromatic N) is 1. The number of carbonyl (C=O) groups excluding carboxylic acids is 3. The van der Waals surface area contributed by atoms with Gasteiger partial charge in [0.1, 0.15) is 30.3 Å². The van der Waals surface area contributed by atoms with Crippen molar-refractivity contribution in [3.63, 3.8) is 0 Å². The van der Waals surface area contributed by atoms with E-state index >= 15 is 0 Å². The molecule has 4 heterocycles. The van der Waals surface area contributed by atoms with Gasteiger partial charge in [0.25, 0.3) is 5.91 Å². The van der Waals surface area contributed by atoms with Crippen LogP contribution < -0.4 is 0 Å². The molecule has 3 saturated heterocycles. The van der Waals surface area contributed by atoms with Crippen LogP contribution >= 0.6 is 0 Å². The first-order valence-corrected chi connectivity index (χ1v) is 21.1. The van der Waals surface area contributed by atoms with Gasteiger partial charge in [-0.2, -0.15) is 0 Å². The van der Waals surface area contributed by atoms with E-state index < -0.39 is 90.4 Å². The first kappa shape index (κ1) is 45.6. The van der Waals surface area contributed by atoms with Crippen molar-refractivity contribution >= 4 is 17.7 Å². The van der Waals surface area contributed by atoms with Crippen molar-refractivity contribution in [2.75, 3.05) is 21.3 Å². The molecule has 1 saturated carbocycles. The first-order chi connectivity index (χ1) is 27.1. The van der Waals surface area contributed by atoms with Gasteiger partial charge in [-0.1, -0.05) is 44.6 Å². The van der Waals surface area contributed by atoms with Gasteiger partial charge < -0.3 is 48.6 Å². The number of hydrogen-bond donors (Lipinski definition) is 3. The number of aliphatic hydroxyl groups excluding tert-OH is 2. The maximum Gasteiger partial charge on any atom is 0.329 e. The Morgan fingerprint density at radius 1 is 0.947 bits per heavy atom. The van der Waals surface area contributed by atoms with Gasteiger partial charge in [-0.15, -0.1) is 6.58 Å². The third-order valence-corrected chi connectivity index (χ3v) is 13.4. The van der Waals surface area contributed by atoms with Crippen LogP contribution in [0.5, 0.6) is 0 Å². The third-order valence-electron chi connectivity index (χ3n) is 13.4. The maximum atomic E-state index is 14.5. The molecule has 13 nitrogen and oxygen atoms in total. The molecular weight excluding hydrogens is 734 g/mol. The summed E-state index contributed by atoms with van der Waals surface area (Å²) in [6.45, 7) is 13.4. The number of hydrogen-bond acceptors (Lipinski definition) is 12. The lowest BCUT2D eigenvalue weighted by atomic mass is 9.81. The SMILES string of the molecule is C=CCC1/C=C(\C)CC(C)CC(OC)C2OC(O)(C(C)CC2OC)C2OC3CCCC(C(=O)OC(C(C)=CC4CCC(O)C(OC)C4)C(C)C(O)CC1=O)N3C2=O. The highest BCUT2D eigenvalue weighted by Gasteiger charge is 2.62. The minimum absolute atomic E-state index is 0.0199. The molecule has 0 aromatic heterocycles. The molecule has 4 fully saturated rings. The number of ether oxygens (including phenoxy) is 6. The number of esters is 1. The first-order valence-electron chi connectivity index (χ1n) is 21.1. The van der Waals surface area contributed by atoms with Gasteiger partial charge in [0.05, 0.1) is 30.5 Å². The molecule has 4 bridgehead atoms. The summed E-state index contributed by atoms with van der Waals surface area (Å²) < 4.78 is 36.7. The van der Waals surface area contributed by atoms with Crippen molar-refractivity contribution in [1.82, 2.24) is 4.90 Å². The molecule has 322 valence electrons. The number of carbonyl (C=O) groups is 3. The Balaban J connectivity index is 1.54. The zero-order valence-electron chi connectivity index (χ0n) is 35.3. The Labute approximate surface area is 339 Å². The van der Waals surface area contributed by atoms with Gasteiger partial charge in [0, 0.05) is 45.5 Å². The van der Waals surface area contributed by atoms with Crippen LogP contribution in [0.15, 0.2) is 36.0 Å². The number of amides is 1. The molecule has 1 aliphatic carbocycles. The molecule has 0 spiro atoms. The smallest absolute Gasteiger partial charge is 0.329 e. The summed E-state index contributed by atoms with van der Waals surface area (Å²) in [5.74, 6) is -5.08. The quantitative estimate of drug-likeness (QED) is 0.238. The van der Waals surface area contributed by atoms with Crippen molar-refractivity contribution in [2.45, 2.75) is 172 Å². The summed E-state index contributed by atoms with van der Waals surface area (Å²) in [7, 11) is 4.76. The van der Waals surface area contributed by atoms with Gasteiger partial charge in [-0.05, 0) is 95.5 Å². The molecule has 0 aromatic rings. The molecule has 16 atom stereocenters. The number of piperidine rings is 1. The predicted molar refractivity (Wildman–Crippen MR) is 211 cm³/mol. The van der Waals surface area contributed by atoms with Crippen LogP contribution in [0.1, 0.15) is 105 Å². The lowest BCUT2D eigenvalue weighted by Crippen LogP contribution is -2.64. The molecule has 16 unspecified atom stereocenters. The minimum Gasteiger partial charge on any atom is -0.456 e. The van der Waals surface area contributed by atoms with Crippen LogP contribution in [0.25, 0.3) is 0 Å². The number of ketones is 1. The summed E-state index contributed by atoms with van der Waals surface area (Å²) in [5.41, 5.74) is 1.70. The number of rotatable bonds is 7. The Bertz CT molecular complexity index is 1480. The molecule has 0 radical (unpaired) electrons. The minimum atomic E-state index is -2.04. The monoisotopic (exact) mass is 803 g/mol. The molecule has 0 aromatic carbocycles. The summed E-state index contributed by atoms with van der Waals surface area (Å²) in [5, 5.41) is 34.6. The second-order valence-corrected chi connectivity index (χ2v) is 17.7. The van der Waals surface area contributed by atoms with Crippen LogP contribution in [0.4, 0.5) is 0 Å². The number of allylic oxidation sites excluding steroid dienone is 4. The molecule has 5 rings (SSSR count). The second-order valence-electron chi connectivity index (χ2n) is 17.7. The van der Waals surface area contributed by atoms with Crippen LogP contribution in [0, 0.1) is 29.6 Å². The fourth-order valence-corrected chi connectivity index (χ4v) is 10.0. The Kier molecular flexibility index (Phi) is 15.8. The van der Waals surface area contributed by atoms with E-state index in [2.05, 4.69) is 13.5 Å². The zero-order chi connectivity index (χ0) is 41.8. The normalized spacial score (nSPS) is 44.1. The molecule has 3 N–H and O–H groups in total. The van der Waals surface area contributed by atoms with Gasteiger partial charge >= 0.3 is 5.97 Å². The highest BCUT2D eigenvalue weighted by Crippen LogP contribution is 2.45. The number of aliphatic hydroxyl groups is 3. The van der Waals surface area contributed by atoms with Crippen LogP contribution in [0.3, 0.4) is 0 Å². The number of fused-ring (bicyclic) bond motifs is 4. The molecular formula is C44H69NO12. The Hall–Kier alpha value is -2.49. The van der Waals surface area contributed by atoms with E-state index in [0.717, 1.165) is 5.57 Å². The summed E-state index contributed by atoms with van der Waals surface area (Å²) in [4.78, 5) is 44.2. The van der Waals surface area contributed by atoms with E-state index in [9.17, 15) is 29.7 Å². The number of Topliss-reactive ketones (excluding diaryl/α,β-unsaturated/α-hetero) is 1. The molecule has 57 heavy (non-hydrogen) atoms. The average Bonchev–Trinajstić information content (AvgIpc) is 3.53. The van der Waals surface area contributed by atoms with Crippen molar-refractivity contribution in [3.05, 3.63) is 36.0 Å². The van der Waals surface area contributed by atoms with Crippen molar-refractivity contribution in [3.8, 4) is 0 Å². The molecule has 1 amide bonds. The largest absolute Gasteiger partial charge is 0.456 e. The van der Waals surface area contributed by atoms with Gasteiger partial charge in [0.2, 0.25) is 5.79 Å². The van der Waals surface area contributed by atoms with E-state index in [0.29, 0.717) is 69.8 Å². The predicted octanol–water partition coefficient (Wildman–Crippen LogP) is 4.79. The van der Waals surface area contributed by atoms with Crippen molar-refractivity contribution in [1.29, 1.82) is 0 Å². The fourth-order valence-electron chi connectivity index (χ4n) is 10.0. The maximum absolute atomic E-state index is 14.5. The summed E-state index contributed by atoms with van der Waals surface area (Å²) in [6, 6.07) is -1.01. The standard InChI is InChI=1S/C44H69NO12/c1-10-12-30-18-24(2)17-25(3)19-36(53-8)40-37(54-9)21-27(5)44(51,57-40)41-42(49)45-31(13-11-14-38(45)55-41)43(50)56-39(28(6)33(47)23-34(30)48)26(4)20-29-15-16-32(46)35(22-29)52-7/h10,18,20,25,27-33,35-41,46-47,51H,1,11-17,19,21-23H2,2-9H3/b24-18+,26-20?. The van der Waals surface area contributed by atoms with Crippen LogP contribution in [-0.4, -0.2) is 126 Å². The lowest BCUT2D eigenvalue weighted by molar-refractivity contribution is -0.349. The van der Waals surface area contributed by atoms with Gasteiger partial charge in [-0.25, -0.2) is 4.79 Å². The van der Waals surface area contributed by atoms with Gasteiger partial charge in [0.15, 0.2) is 6.10 Å². The van der Waals surface area contributed by atoms with E-state index in [1.165, 1.54) is 4.90 Å².